The molecule has 0 unspecified atom stereocenters. The number of thioether (sulfide) groups is 1. The Morgan fingerprint density at radius 3 is 2.58 bits per heavy atom. The van der Waals surface area contributed by atoms with Crippen LogP contribution in [0.3, 0.4) is 0 Å². The van der Waals surface area contributed by atoms with Gasteiger partial charge >= 0.3 is 5.97 Å². The molecule has 1 aromatic heterocycles. The highest BCUT2D eigenvalue weighted by Gasteiger charge is 2.19. The minimum absolute atomic E-state index is 0.0352. The van der Waals surface area contributed by atoms with Gasteiger partial charge in [-0.2, -0.15) is 0 Å². The molecule has 10 nitrogen and oxygen atoms in total. The van der Waals surface area contributed by atoms with Crippen LogP contribution >= 0.6 is 11.8 Å². The van der Waals surface area contributed by atoms with Crippen molar-refractivity contribution >= 4 is 45.9 Å². The lowest BCUT2D eigenvalue weighted by Gasteiger charge is -2.14. The van der Waals surface area contributed by atoms with Crippen LogP contribution in [0, 0.1) is 29.9 Å². The van der Waals surface area contributed by atoms with E-state index in [4.69, 9.17) is 4.74 Å². The Hall–Kier alpha value is -3.73. The lowest BCUT2D eigenvalue weighted by Crippen LogP contribution is -2.25. The third-order valence-electron chi connectivity index (χ3n) is 5.52. The lowest BCUT2D eigenvalue weighted by atomic mass is 10.1. The van der Waals surface area contributed by atoms with Crippen LogP contribution in [-0.4, -0.2) is 38.7 Å². The van der Waals surface area contributed by atoms with Crippen molar-refractivity contribution in [1.29, 1.82) is 0 Å². The van der Waals surface area contributed by atoms with E-state index in [2.05, 4.69) is 24.1 Å². The second-order valence-electron chi connectivity index (χ2n) is 8.76. The van der Waals surface area contributed by atoms with Crippen molar-refractivity contribution in [3.63, 3.8) is 0 Å². The zero-order chi connectivity index (χ0) is 26.4. The maximum absolute atomic E-state index is 13.0. The molecule has 190 valence electrons. The molecule has 1 heterocycles. The molecule has 0 saturated carbocycles. The molecule has 0 bridgehead atoms. The van der Waals surface area contributed by atoms with E-state index in [1.54, 1.807) is 42.7 Å². The van der Waals surface area contributed by atoms with E-state index in [-0.39, 0.29) is 22.7 Å². The summed E-state index contributed by atoms with van der Waals surface area (Å²) in [6.07, 6.45) is 0.767. The number of aryl methyl sites for hydroxylation is 2. The Morgan fingerprint density at radius 2 is 1.89 bits per heavy atom. The predicted molar refractivity (Wildman–Crippen MR) is 138 cm³/mol. The van der Waals surface area contributed by atoms with Gasteiger partial charge in [-0.25, -0.2) is 4.98 Å². The number of fused-ring (bicyclic) bond motifs is 1. The average molecular weight is 513 g/mol. The molecule has 0 spiro atoms. The van der Waals surface area contributed by atoms with Crippen LogP contribution in [-0.2, 0) is 20.9 Å². The molecule has 1 amide bonds. The molecular formula is C25H28N4O6S. The molecule has 0 radical (unpaired) electrons. The number of ether oxygens (including phenoxy) is 1. The standard InChI is InChI=1S/C25H28N4O6S/c1-15(2)9-10-28-24(32)18-7-5-6-8-19(18)27-25(28)36-14-23(31)35-13-22(30)26-20-11-16(3)17(4)12-21(20)29(33)34/h5-8,11-12,15H,9-10,13-14H2,1-4H3,(H,26,30). The molecule has 1 N–H and O–H groups in total. The third kappa shape index (κ3) is 6.69. The van der Waals surface area contributed by atoms with Gasteiger partial charge in [0.25, 0.3) is 17.2 Å². The second kappa shape index (κ2) is 11.8. The van der Waals surface area contributed by atoms with E-state index in [9.17, 15) is 24.5 Å². The molecule has 0 saturated heterocycles. The Bertz CT molecular complexity index is 1370. The molecule has 0 atom stereocenters. The van der Waals surface area contributed by atoms with Gasteiger partial charge in [0.1, 0.15) is 5.69 Å². The first-order valence-corrected chi connectivity index (χ1v) is 12.4. The van der Waals surface area contributed by atoms with Gasteiger partial charge in [-0.15, -0.1) is 0 Å². The number of nitro groups is 1. The van der Waals surface area contributed by atoms with Crippen molar-refractivity contribution in [3.05, 3.63) is 68.0 Å². The minimum Gasteiger partial charge on any atom is -0.455 e. The summed E-state index contributed by atoms with van der Waals surface area (Å²) in [7, 11) is 0. The van der Waals surface area contributed by atoms with Crippen molar-refractivity contribution in [2.24, 2.45) is 5.92 Å². The number of carbonyl (C=O) groups is 2. The second-order valence-corrected chi connectivity index (χ2v) is 9.70. The van der Waals surface area contributed by atoms with Crippen LogP contribution < -0.4 is 10.9 Å². The van der Waals surface area contributed by atoms with E-state index in [1.807, 2.05) is 0 Å². The summed E-state index contributed by atoms with van der Waals surface area (Å²) < 4.78 is 6.61. The number of nitro benzene ring substituents is 1. The quantitative estimate of drug-likeness (QED) is 0.140. The molecular weight excluding hydrogens is 484 g/mol. The summed E-state index contributed by atoms with van der Waals surface area (Å²) in [5, 5.41) is 14.6. The predicted octanol–water partition coefficient (Wildman–Crippen LogP) is 4.24. The SMILES string of the molecule is Cc1cc(NC(=O)COC(=O)CSc2nc3ccccc3c(=O)n2CCC(C)C)c([N+](=O)[O-])cc1C. The van der Waals surface area contributed by atoms with Crippen molar-refractivity contribution in [1.82, 2.24) is 9.55 Å². The number of carbonyl (C=O) groups excluding carboxylic acids is 2. The first-order chi connectivity index (χ1) is 17.1. The number of esters is 1. The van der Waals surface area contributed by atoms with Gasteiger partial charge in [-0.1, -0.05) is 37.7 Å². The number of amides is 1. The summed E-state index contributed by atoms with van der Waals surface area (Å²) in [5.41, 5.74) is 1.65. The Kier molecular flexibility index (Phi) is 8.81. The van der Waals surface area contributed by atoms with Gasteiger partial charge in [0.05, 0.1) is 21.6 Å². The molecule has 36 heavy (non-hydrogen) atoms. The third-order valence-corrected chi connectivity index (χ3v) is 6.47. The monoisotopic (exact) mass is 512 g/mol. The fourth-order valence-corrected chi connectivity index (χ4v) is 4.22. The number of nitrogens with one attached hydrogen (secondary N) is 1. The number of hydrogen-bond acceptors (Lipinski definition) is 8. The Labute approximate surface area is 212 Å². The van der Waals surface area contributed by atoms with Crippen molar-refractivity contribution in [2.75, 3.05) is 17.7 Å². The maximum Gasteiger partial charge on any atom is 0.316 e. The first kappa shape index (κ1) is 26.9. The highest BCUT2D eigenvalue weighted by molar-refractivity contribution is 7.99. The normalized spacial score (nSPS) is 11.0. The number of benzene rings is 2. The van der Waals surface area contributed by atoms with Crippen LogP contribution in [0.4, 0.5) is 11.4 Å². The smallest absolute Gasteiger partial charge is 0.316 e. The van der Waals surface area contributed by atoms with E-state index in [1.165, 1.54) is 12.1 Å². The van der Waals surface area contributed by atoms with Crippen molar-refractivity contribution < 1.29 is 19.2 Å². The van der Waals surface area contributed by atoms with Crippen LogP contribution in [0.1, 0.15) is 31.4 Å². The summed E-state index contributed by atoms with van der Waals surface area (Å²) in [4.78, 5) is 52.9. The summed E-state index contributed by atoms with van der Waals surface area (Å²) in [6, 6.07) is 9.90. The molecule has 0 aliphatic rings. The number of rotatable bonds is 10. The molecule has 3 rings (SSSR count). The van der Waals surface area contributed by atoms with Crippen LogP contribution in [0.15, 0.2) is 46.3 Å². The van der Waals surface area contributed by atoms with Crippen molar-refractivity contribution in [3.8, 4) is 0 Å². The van der Waals surface area contributed by atoms with Gasteiger partial charge in [0, 0.05) is 12.6 Å². The van der Waals surface area contributed by atoms with E-state index < -0.39 is 23.4 Å². The van der Waals surface area contributed by atoms with Gasteiger partial charge < -0.3 is 10.1 Å². The molecule has 2 aromatic carbocycles. The Balaban J connectivity index is 1.65. The minimum atomic E-state index is -0.697. The number of aromatic nitrogens is 2. The first-order valence-electron chi connectivity index (χ1n) is 11.4. The van der Waals surface area contributed by atoms with Crippen molar-refractivity contribution in [2.45, 2.75) is 45.8 Å². The van der Waals surface area contributed by atoms with Gasteiger partial charge in [0.15, 0.2) is 11.8 Å². The molecule has 3 aromatic rings. The summed E-state index contributed by atoms with van der Waals surface area (Å²) in [6.45, 7) is 7.48. The van der Waals surface area contributed by atoms with E-state index >= 15 is 0 Å². The number of nitrogens with zero attached hydrogens (tertiary/aromatic N) is 3. The highest BCUT2D eigenvalue weighted by atomic mass is 32.2. The van der Waals surface area contributed by atoms with Gasteiger partial charge in [0.2, 0.25) is 0 Å². The van der Waals surface area contributed by atoms with Crippen LogP contribution in [0.25, 0.3) is 10.9 Å². The fraction of sp³-hybridized carbons (Fsp3) is 0.360. The van der Waals surface area contributed by atoms with E-state index in [0.29, 0.717) is 28.5 Å². The molecule has 11 heteroatoms. The molecule has 0 aliphatic carbocycles. The van der Waals surface area contributed by atoms with E-state index in [0.717, 1.165) is 29.3 Å². The zero-order valence-corrected chi connectivity index (χ0v) is 21.4. The molecule has 0 aliphatic heterocycles. The molecule has 0 fully saturated rings. The maximum atomic E-state index is 13.0. The number of anilines is 1. The van der Waals surface area contributed by atoms with Gasteiger partial charge in [-0.05, 0) is 55.5 Å². The van der Waals surface area contributed by atoms with Crippen LogP contribution in [0.5, 0.6) is 0 Å². The fourth-order valence-electron chi connectivity index (χ4n) is 3.39. The number of para-hydroxylation sites is 1. The highest BCUT2D eigenvalue weighted by Crippen LogP contribution is 2.28. The summed E-state index contributed by atoms with van der Waals surface area (Å²) in [5.74, 6) is -1.17. The topological polar surface area (TPSA) is 133 Å². The lowest BCUT2D eigenvalue weighted by molar-refractivity contribution is -0.384. The summed E-state index contributed by atoms with van der Waals surface area (Å²) >= 11 is 1.06. The largest absolute Gasteiger partial charge is 0.455 e. The Morgan fingerprint density at radius 1 is 1.19 bits per heavy atom. The zero-order valence-electron chi connectivity index (χ0n) is 20.6. The number of hydrogen-bond donors (Lipinski definition) is 1. The average Bonchev–Trinajstić information content (AvgIpc) is 2.82. The van der Waals surface area contributed by atoms with Crippen LogP contribution in [0.2, 0.25) is 0 Å². The van der Waals surface area contributed by atoms with Gasteiger partial charge in [-0.3, -0.25) is 29.1 Å².